The Balaban J connectivity index is 1.82. The minimum Gasteiger partial charge on any atom is -0.352 e. The summed E-state index contributed by atoms with van der Waals surface area (Å²) in [7, 11) is 0. The maximum atomic E-state index is 12.1. The molecule has 6 nitrogen and oxygen atoms in total. The minimum absolute atomic E-state index is 0.0208. The Kier molecular flexibility index (Phi) is 4.19. The van der Waals surface area contributed by atoms with Crippen molar-refractivity contribution >= 4 is 11.8 Å². The molecule has 0 radical (unpaired) electrons. The van der Waals surface area contributed by atoms with Gasteiger partial charge in [-0.05, 0) is 13.8 Å². The zero-order valence-corrected chi connectivity index (χ0v) is 11.4. The molecular formula is C13H20N4O2. The summed E-state index contributed by atoms with van der Waals surface area (Å²) in [5.74, 6) is -0.167. The molecule has 0 aromatic carbocycles. The van der Waals surface area contributed by atoms with E-state index in [2.05, 4.69) is 10.3 Å². The standard InChI is InChI=1S/C13H20N4O2/c1-3-17-8-11(6-12(17)18)13(19)15-10(2)7-16-5-4-14-9-16/h4-5,9-11H,3,6-8H2,1-2H3,(H,15,19)/t10-,11+/m1/s1. The van der Waals surface area contributed by atoms with Gasteiger partial charge in [0.05, 0.1) is 12.2 Å². The predicted octanol–water partition coefficient (Wildman–Crippen LogP) is 0.256. The Morgan fingerprint density at radius 3 is 3.00 bits per heavy atom. The summed E-state index contributed by atoms with van der Waals surface area (Å²) in [6.45, 7) is 5.78. The quantitative estimate of drug-likeness (QED) is 0.829. The van der Waals surface area contributed by atoms with Gasteiger partial charge in [0.15, 0.2) is 0 Å². The summed E-state index contributed by atoms with van der Waals surface area (Å²) in [6, 6.07) is 0.0208. The van der Waals surface area contributed by atoms with Crippen molar-refractivity contribution in [2.24, 2.45) is 5.92 Å². The van der Waals surface area contributed by atoms with E-state index < -0.39 is 0 Å². The van der Waals surface area contributed by atoms with Gasteiger partial charge in [0.2, 0.25) is 11.8 Å². The molecule has 2 rings (SSSR count). The van der Waals surface area contributed by atoms with Crippen LogP contribution in [0.4, 0.5) is 0 Å². The Labute approximate surface area is 112 Å². The zero-order valence-electron chi connectivity index (χ0n) is 11.4. The highest BCUT2D eigenvalue weighted by atomic mass is 16.2. The fraction of sp³-hybridized carbons (Fsp3) is 0.615. The molecule has 19 heavy (non-hydrogen) atoms. The summed E-state index contributed by atoms with van der Waals surface area (Å²) in [4.78, 5) is 29.4. The highest BCUT2D eigenvalue weighted by molar-refractivity contribution is 5.89. The lowest BCUT2D eigenvalue weighted by molar-refractivity contribution is -0.129. The zero-order chi connectivity index (χ0) is 13.8. The van der Waals surface area contributed by atoms with E-state index >= 15 is 0 Å². The SMILES string of the molecule is CCN1C[C@@H](C(=O)N[C@H](C)Cn2ccnc2)CC1=O. The van der Waals surface area contributed by atoms with Gasteiger partial charge in [-0.3, -0.25) is 9.59 Å². The lowest BCUT2D eigenvalue weighted by atomic mass is 10.1. The molecule has 0 bridgehead atoms. The van der Waals surface area contributed by atoms with Gasteiger partial charge >= 0.3 is 0 Å². The fourth-order valence-corrected chi connectivity index (χ4v) is 2.37. The first-order chi connectivity index (χ1) is 9.10. The van der Waals surface area contributed by atoms with E-state index in [9.17, 15) is 9.59 Å². The first-order valence-electron chi connectivity index (χ1n) is 6.64. The molecule has 1 fully saturated rings. The van der Waals surface area contributed by atoms with Crippen LogP contribution in [0.2, 0.25) is 0 Å². The van der Waals surface area contributed by atoms with Crippen molar-refractivity contribution in [1.82, 2.24) is 19.8 Å². The van der Waals surface area contributed by atoms with Gasteiger partial charge in [-0.15, -0.1) is 0 Å². The van der Waals surface area contributed by atoms with E-state index in [1.54, 1.807) is 17.4 Å². The van der Waals surface area contributed by atoms with Crippen molar-refractivity contribution in [3.05, 3.63) is 18.7 Å². The van der Waals surface area contributed by atoms with Crippen LogP contribution in [-0.4, -0.2) is 45.4 Å². The number of likely N-dealkylation sites (tertiary alicyclic amines) is 1. The van der Waals surface area contributed by atoms with Crippen molar-refractivity contribution in [3.63, 3.8) is 0 Å². The minimum atomic E-state index is -0.210. The van der Waals surface area contributed by atoms with Crippen LogP contribution < -0.4 is 5.32 Å². The molecule has 1 aliphatic heterocycles. The molecule has 0 saturated carbocycles. The molecule has 0 aliphatic carbocycles. The number of carbonyl (C=O) groups excluding carboxylic acids is 2. The van der Waals surface area contributed by atoms with E-state index in [0.29, 0.717) is 26.1 Å². The number of amides is 2. The summed E-state index contributed by atoms with van der Waals surface area (Å²) in [6.07, 6.45) is 5.63. The lowest BCUT2D eigenvalue weighted by Crippen LogP contribution is -2.40. The largest absolute Gasteiger partial charge is 0.352 e. The van der Waals surface area contributed by atoms with Crippen LogP contribution >= 0.6 is 0 Å². The van der Waals surface area contributed by atoms with Crippen LogP contribution in [0.15, 0.2) is 18.7 Å². The lowest BCUT2D eigenvalue weighted by Gasteiger charge is -2.17. The van der Waals surface area contributed by atoms with E-state index in [0.717, 1.165) is 0 Å². The first-order valence-corrected chi connectivity index (χ1v) is 6.64. The van der Waals surface area contributed by atoms with Crippen molar-refractivity contribution in [3.8, 4) is 0 Å². The number of hydrogen-bond donors (Lipinski definition) is 1. The van der Waals surface area contributed by atoms with Gasteiger partial charge < -0.3 is 14.8 Å². The maximum Gasteiger partial charge on any atom is 0.225 e. The normalized spacial score (nSPS) is 20.6. The molecule has 6 heteroatoms. The van der Waals surface area contributed by atoms with Crippen LogP contribution in [-0.2, 0) is 16.1 Å². The third-order valence-electron chi connectivity index (χ3n) is 3.40. The van der Waals surface area contributed by atoms with E-state index in [4.69, 9.17) is 0 Å². The Morgan fingerprint density at radius 2 is 2.42 bits per heavy atom. The van der Waals surface area contributed by atoms with Crippen LogP contribution in [0.3, 0.4) is 0 Å². The Hall–Kier alpha value is -1.85. The molecule has 1 saturated heterocycles. The van der Waals surface area contributed by atoms with Crippen LogP contribution in [0.25, 0.3) is 0 Å². The molecule has 1 aliphatic rings. The number of nitrogens with one attached hydrogen (secondary N) is 1. The topological polar surface area (TPSA) is 67.2 Å². The van der Waals surface area contributed by atoms with Gasteiger partial charge in [0.1, 0.15) is 0 Å². The van der Waals surface area contributed by atoms with Gasteiger partial charge in [0.25, 0.3) is 0 Å². The third kappa shape index (κ3) is 3.33. The first kappa shape index (κ1) is 13.6. The molecule has 104 valence electrons. The number of hydrogen-bond acceptors (Lipinski definition) is 3. The van der Waals surface area contributed by atoms with Crippen LogP contribution in [0.1, 0.15) is 20.3 Å². The number of nitrogens with zero attached hydrogens (tertiary/aromatic N) is 3. The second kappa shape index (κ2) is 5.86. The average Bonchev–Trinajstić information content (AvgIpc) is 2.98. The molecule has 2 atom stereocenters. The maximum absolute atomic E-state index is 12.1. The highest BCUT2D eigenvalue weighted by Crippen LogP contribution is 2.17. The van der Waals surface area contributed by atoms with Gasteiger partial charge in [0, 0.05) is 44.5 Å². The third-order valence-corrected chi connectivity index (χ3v) is 3.40. The average molecular weight is 264 g/mol. The van der Waals surface area contributed by atoms with Crippen molar-refractivity contribution in [2.45, 2.75) is 32.9 Å². The molecule has 0 unspecified atom stereocenters. The second-order valence-electron chi connectivity index (χ2n) is 5.00. The van der Waals surface area contributed by atoms with Crippen molar-refractivity contribution < 1.29 is 9.59 Å². The summed E-state index contributed by atoms with van der Waals surface area (Å²) < 4.78 is 1.92. The molecular weight excluding hydrogens is 244 g/mol. The van der Waals surface area contributed by atoms with E-state index in [-0.39, 0.29) is 23.8 Å². The van der Waals surface area contributed by atoms with E-state index in [1.165, 1.54) is 0 Å². The van der Waals surface area contributed by atoms with Crippen molar-refractivity contribution in [1.29, 1.82) is 0 Å². The molecule has 2 amide bonds. The number of carbonyl (C=O) groups is 2. The Bertz CT molecular complexity index is 444. The second-order valence-corrected chi connectivity index (χ2v) is 5.00. The van der Waals surface area contributed by atoms with Gasteiger partial charge in [-0.2, -0.15) is 0 Å². The molecule has 1 aromatic heterocycles. The molecule has 2 heterocycles. The summed E-state index contributed by atoms with van der Waals surface area (Å²) in [5.41, 5.74) is 0. The number of aromatic nitrogens is 2. The number of rotatable bonds is 5. The Morgan fingerprint density at radius 1 is 1.63 bits per heavy atom. The molecule has 1 aromatic rings. The van der Waals surface area contributed by atoms with Gasteiger partial charge in [-0.25, -0.2) is 4.98 Å². The summed E-state index contributed by atoms with van der Waals surface area (Å²) in [5, 5.41) is 2.96. The van der Waals surface area contributed by atoms with E-state index in [1.807, 2.05) is 24.6 Å². The highest BCUT2D eigenvalue weighted by Gasteiger charge is 2.33. The monoisotopic (exact) mass is 264 g/mol. The van der Waals surface area contributed by atoms with Crippen molar-refractivity contribution in [2.75, 3.05) is 13.1 Å². The van der Waals surface area contributed by atoms with Crippen LogP contribution in [0.5, 0.6) is 0 Å². The molecule has 0 spiro atoms. The fourth-order valence-electron chi connectivity index (χ4n) is 2.37. The number of imidazole rings is 1. The predicted molar refractivity (Wildman–Crippen MR) is 70.2 cm³/mol. The smallest absolute Gasteiger partial charge is 0.225 e. The summed E-state index contributed by atoms with van der Waals surface area (Å²) >= 11 is 0. The molecule has 1 N–H and O–H groups in total. The van der Waals surface area contributed by atoms with Crippen LogP contribution in [0, 0.1) is 5.92 Å². The van der Waals surface area contributed by atoms with Gasteiger partial charge in [-0.1, -0.05) is 0 Å².